The first-order valence-electron chi connectivity index (χ1n) is 8.39. The lowest BCUT2D eigenvalue weighted by Gasteiger charge is -2.30. The van der Waals surface area contributed by atoms with Gasteiger partial charge in [-0.2, -0.15) is 0 Å². The molecule has 146 valence electrons. The number of hydrogen-bond donors (Lipinski definition) is 1. The van der Waals surface area contributed by atoms with Crippen LogP contribution in [0.2, 0.25) is 5.15 Å². The van der Waals surface area contributed by atoms with E-state index in [2.05, 4.69) is 30.0 Å². The van der Waals surface area contributed by atoms with E-state index in [1.165, 1.54) is 23.5 Å². The Morgan fingerprint density at radius 1 is 1.46 bits per heavy atom. The minimum atomic E-state index is -0.921. The second-order valence-corrected chi connectivity index (χ2v) is 7.75. The molecule has 0 saturated heterocycles. The van der Waals surface area contributed by atoms with Gasteiger partial charge in [0.05, 0.1) is 6.42 Å². The molecule has 1 aromatic heterocycles. The summed E-state index contributed by atoms with van der Waals surface area (Å²) in [7, 11) is 0. The summed E-state index contributed by atoms with van der Waals surface area (Å²) >= 11 is 7.36. The summed E-state index contributed by atoms with van der Waals surface area (Å²) in [6, 6.07) is 0. The van der Waals surface area contributed by atoms with Crippen LogP contribution in [-0.2, 0) is 14.3 Å². The van der Waals surface area contributed by atoms with E-state index in [0.717, 1.165) is 11.1 Å². The van der Waals surface area contributed by atoms with Crippen molar-refractivity contribution in [2.24, 2.45) is 0 Å². The molecule has 1 aliphatic heterocycles. The molecular weight excluding hydrogens is 396 g/mol. The number of nitrogens with one attached hydrogen (secondary N) is 1. The molecule has 0 aromatic carbocycles. The predicted octanol–water partition coefficient (Wildman–Crippen LogP) is 5.25. The average Bonchev–Trinajstić information content (AvgIpc) is 2.98. The zero-order valence-electron chi connectivity index (χ0n) is 15.8. The average molecular weight is 417 g/mol. The molecule has 1 unspecified atom stereocenters. The minimum Gasteiger partial charge on any atom is -0.477 e. The second kappa shape index (κ2) is 8.99. The lowest BCUT2D eigenvalue weighted by molar-refractivity contribution is -0.126. The Hall–Kier alpha value is -2.70. The van der Waals surface area contributed by atoms with Crippen molar-refractivity contribution < 1.29 is 14.3 Å². The van der Waals surface area contributed by atoms with Crippen molar-refractivity contribution in [1.29, 1.82) is 0 Å². The fraction of sp³-hybridized carbons (Fsp3) is 0.190. The van der Waals surface area contributed by atoms with E-state index >= 15 is 0 Å². The summed E-state index contributed by atoms with van der Waals surface area (Å²) < 4.78 is 5.62. The molecule has 0 radical (unpaired) electrons. The van der Waals surface area contributed by atoms with Crippen molar-refractivity contribution in [3.8, 4) is 0 Å². The molecule has 0 bridgehead atoms. The molecule has 0 saturated carbocycles. The smallest absolute Gasteiger partial charge is 0.291 e. The van der Waals surface area contributed by atoms with Crippen molar-refractivity contribution >= 4 is 45.2 Å². The SMILES string of the molecule is C=C/C(=C\C=C/C(=C)C)c1nc(Cl)c(NC(=O)C2=CC(=O)CC(C)(C=C)O2)s1. The fourth-order valence-electron chi connectivity index (χ4n) is 2.30. The van der Waals surface area contributed by atoms with E-state index in [4.69, 9.17) is 16.3 Å². The number of rotatable bonds is 7. The number of allylic oxidation sites excluding steroid dienone is 7. The summed E-state index contributed by atoms with van der Waals surface area (Å²) in [5, 5.41) is 3.72. The van der Waals surface area contributed by atoms with Crippen molar-refractivity contribution in [3.05, 3.63) is 77.7 Å². The molecule has 1 aliphatic rings. The summed E-state index contributed by atoms with van der Waals surface area (Å²) in [6.07, 6.45) is 9.95. The zero-order chi connectivity index (χ0) is 20.9. The molecule has 0 aliphatic carbocycles. The Bertz CT molecular complexity index is 939. The topological polar surface area (TPSA) is 68.3 Å². The number of anilines is 1. The van der Waals surface area contributed by atoms with Gasteiger partial charge in [-0.15, -0.1) is 0 Å². The molecule has 5 nitrogen and oxygen atoms in total. The summed E-state index contributed by atoms with van der Waals surface area (Å²) in [5.41, 5.74) is 0.731. The van der Waals surface area contributed by atoms with Crippen LogP contribution in [0.15, 0.2) is 67.5 Å². The van der Waals surface area contributed by atoms with Crippen LogP contribution in [0.5, 0.6) is 0 Å². The molecular formula is C21H21ClN2O3S. The monoisotopic (exact) mass is 416 g/mol. The van der Waals surface area contributed by atoms with E-state index in [0.29, 0.717) is 10.0 Å². The van der Waals surface area contributed by atoms with Crippen LogP contribution in [0.4, 0.5) is 5.00 Å². The first-order valence-corrected chi connectivity index (χ1v) is 9.58. The fourth-order valence-corrected chi connectivity index (χ4v) is 3.47. The number of carbonyl (C=O) groups is 2. The summed E-state index contributed by atoms with van der Waals surface area (Å²) in [5.74, 6) is -0.880. The van der Waals surface area contributed by atoms with Crippen LogP contribution in [0.1, 0.15) is 25.3 Å². The number of hydrogen-bond acceptors (Lipinski definition) is 5. The predicted molar refractivity (Wildman–Crippen MR) is 115 cm³/mol. The van der Waals surface area contributed by atoms with Crippen LogP contribution in [0, 0.1) is 0 Å². The highest BCUT2D eigenvalue weighted by Gasteiger charge is 2.33. The standard InChI is InChI=1S/C21H21ClN2O3S/c1-6-14(10-8-9-13(3)4)19-23-17(22)20(28-19)24-18(26)16-11-15(25)12-21(5,7-2)27-16/h6-11H,1-3,12H2,4-5H3,(H,24,26)/b9-8-,14-10+. The number of amides is 1. The van der Waals surface area contributed by atoms with Gasteiger partial charge in [0.15, 0.2) is 16.7 Å². The molecule has 1 atom stereocenters. The molecule has 1 aromatic rings. The molecule has 0 fully saturated rings. The van der Waals surface area contributed by atoms with Gasteiger partial charge in [-0.1, -0.05) is 72.6 Å². The summed E-state index contributed by atoms with van der Waals surface area (Å²) in [6.45, 7) is 14.8. The van der Waals surface area contributed by atoms with E-state index in [1.54, 1.807) is 13.0 Å². The second-order valence-electron chi connectivity index (χ2n) is 6.40. The van der Waals surface area contributed by atoms with E-state index in [9.17, 15) is 9.59 Å². The highest BCUT2D eigenvalue weighted by atomic mass is 35.5. The third kappa shape index (κ3) is 5.41. The molecule has 0 spiro atoms. The minimum absolute atomic E-state index is 0.0893. The Labute approximate surface area is 173 Å². The maximum atomic E-state index is 12.5. The van der Waals surface area contributed by atoms with Crippen LogP contribution in [0.25, 0.3) is 5.57 Å². The Kier molecular flexibility index (Phi) is 6.94. The lowest BCUT2D eigenvalue weighted by atomic mass is 9.96. The van der Waals surface area contributed by atoms with Crippen LogP contribution in [-0.4, -0.2) is 22.3 Å². The van der Waals surface area contributed by atoms with Crippen molar-refractivity contribution in [2.45, 2.75) is 25.9 Å². The number of thiazole rings is 1. The highest BCUT2D eigenvalue weighted by Crippen LogP contribution is 2.34. The number of aromatic nitrogens is 1. The molecule has 7 heteroatoms. The van der Waals surface area contributed by atoms with Crippen molar-refractivity contribution in [2.75, 3.05) is 5.32 Å². The molecule has 2 rings (SSSR count). The Balaban J connectivity index is 2.22. The molecule has 1 N–H and O–H groups in total. The van der Waals surface area contributed by atoms with Gasteiger partial charge in [-0.05, 0) is 19.9 Å². The lowest BCUT2D eigenvalue weighted by Crippen LogP contribution is -2.35. The van der Waals surface area contributed by atoms with E-state index < -0.39 is 11.5 Å². The highest BCUT2D eigenvalue weighted by molar-refractivity contribution is 7.17. The normalized spacial score (nSPS) is 19.8. The van der Waals surface area contributed by atoms with Gasteiger partial charge in [0.25, 0.3) is 5.91 Å². The van der Waals surface area contributed by atoms with Gasteiger partial charge < -0.3 is 10.1 Å². The van der Waals surface area contributed by atoms with Crippen LogP contribution >= 0.6 is 22.9 Å². The maximum Gasteiger partial charge on any atom is 0.291 e. The van der Waals surface area contributed by atoms with Gasteiger partial charge in [-0.3, -0.25) is 9.59 Å². The van der Waals surface area contributed by atoms with Gasteiger partial charge in [-0.25, -0.2) is 4.98 Å². The van der Waals surface area contributed by atoms with Gasteiger partial charge in [0.2, 0.25) is 0 Å². The van der Waals surface area contributed by atoms with Crippen LogP contribution < -0.4 is 5.32 Å². The Morgan fingerprint density at radius 3 is 2.79 bits per heavy atom. The van der Waals surface area contributed by atoms with Crippen molar-refractivity contribution in [1.82, 2.24) is 4.98 Å². The number of nitrogens with zero attached hydrogens (tertiary/aromatic N) is 1. The van der Waals surface area contributed by atoms with Gasteiger partial charge in [0, 0.05) is 11.6 Å². The van der Waals surface area contributed by atoms with Crippen molar-refractivity contribution in [3.63, 3.8) is 0 Å². The number of carbonyl (C=O) groups excluding carboxylic acids is 2. The zero-order valence-corrected chi connectivity index (χ0v) is 17.3. The van der Waals surface area contributed by atoms with Gasteiger partial charge >= 0.3 is 0 Å². The van der Waals surface area contributed by atoms with Crippen LogP contribution in [0.3, 0.4) is 0 Å². The Morgan fingerprint density at radius 2 is 2.18 bits per heavy atom. The van der Waals surface area contributed by atoms with E-state index in [-0.39, 0.29) is 23.1 Å². The quantitative estimate of drug-likeness (QED) is 0.486. The first-order chi connectivity index (χ1) is 13.2. The number of halogens is 1. The number of ketones is 1. The molecule has 28 heavy (non-hydrogen) atoms. The first kappa shape index (κ1) is 21.6. The van der Waals surface area contributed by atoms with Gasteiger partial charge in [0.1, 0.15) is 15.6 Å². The molecule has 2 heterocycles. The molecule has 1 amide bonds. The maximum absolute atomic E-state index is 12.5. The number of ether oxygens (including phenoxy) is 1. The third-order valence-corrected chi connectivity index (χ3v) is 5.16. The summed E-state index contributed by atoms with van der Waals surface area (Å²) in [4.78, 5) is 28.7. The third-order valence-electron chi connectivity index (χ3n) is 3.75. The largest absolute Gasteiger partial charge is 0.477 e. The van der Waals surface area contributed by atoms with E-state index in [1.807, 2.05) is 25.2 Å².